The molecule has 2 heterocycles. The van der Waals surface area contributed by atoms with Crippen molar-refractivity contribution < 1.29 is 8.91 Å². The predicted molar refractivity (Wildman–Crippen MR) is 86.5 cm³/mol. The van der Waals surface area contributed by atoms with Crippen molar-refractivity contribution in [2.75, 3.05) is 0 Å². The maximum Gasteiger partial charge on any atom is 0.258 e. The zero-order valence-corrected chi connectivity index (χ0v) is 12.6. The summed E-state index contributed by atoms with van der Waals surface area (Å²) in [5, 5.41) is 8.17. The molecule has 6 heteroatoms. The number of hydrogen-bond acceptors (Lipinski definition) is 4. The first-order chi connectivity index (χ1) is 11.8. The van der Waals surface area contributed by atoms with Crippen LogP contribution in [0, 0.1) is 5.82 Å². The molecule has 0 atom stereocenters. The summed E-state index contributed by atoms with van der Waals surface area (Å²) in [4.78, 5) is 4.40. The van der Waals surface area contributed by atoms with Gasteiger partial charge in [-0.05, 0) is 48.0 Å². The molecule has 4 aromatic rings. The molecule has 0 N–H and O–H groups in total. The zero-order valence-electron chi connectivity index (χ0n) is 12.6. The molecule has 2 aromatic carbocycles. The molecule has 0 fully saturated rings. The molecule has 0 saturated carbocycles. The van der Waals surface area contributed by atoms with Crippen LogP contribution in [0.15, 0.2) is 71.5 Å². The Bertz CT molecular complexity index is 945. The lowest BCUT2D eigenvalue weighted by Crippen LogP contribution is -1.99. The van der Waals surface area contributed by atoms with Gasteiger partial charge in [0.15, 0.2) is 0 Å². The van der Waals surface area contributed by atoms with Crippen LogP contribution in [0.1, 0.15) is 5.56 Å². The summed E-state index contributed by atoms with van der Waals surface area (Å²) in [6, 6.07) is 15.7. The van der Waals surface area contributed by atoms with Crippen molar-refractivity contribution in [3.8, 4) is 22.8 Å². The molecule has 5 nitrogen and oxygen atoms in total. The van der Waals surface area contributed by atoms with Gasteiger partial charge in [0, 0.05) is 23.5 Å². The van der Waals surface area contributed by atoms with E-state index in [1.807, 2.05) is 41.2 Å². The Hall–Kier alpha value is -3.28. The van der Waals surface area contributed by atoms with Crippen LogP contribution in [0.3, 0.4) is 0 Å². The van der Waals surface area contributed by atoms with E-state index in [9.17, 15) is 4.39 Å². The van der Waals surface area contributed by atoms with Gasteiger partial charge in [0.2, 0.25) is 5.82 Å². The zero-order chi connectivity index (χ0) is 16.4. The largest absolute Gasteiger partial charge is 0.334 e. The van der Waals surface area contributed by atoms with Crippen LogP contribution in [0.4, 0.5) is 4.39 Å². The Labute approximate surface area is 137 Å². The fourth-order valence-electron chi connectivity index (χ4n) is 2.44. The topological polar surface area (TPSA) is 56.7 Å². The molecule has 2 aromatic heterocycles. The number of aromatic nitrogens is 4. The molecular weight excluding hydrogens is 307 g/mol. The van der Waals surface area contributed by atoms with Crippen LogP contribution in [-0.2, 0) is 6.54 Å². The molecule has 24 heavy (non-hydrogen) atoms. The van der Waals surface area contributed by atoms with Crippen LogP contribution in [-0.4, -0.2) is 19.9 Å². The van der Waals surface area contributed by atoms with Gasteiger partial charge < -0.3 is 4.52 Å². The van der Waals surface area contributed by atoms with Crippen molar-refractivity contribution in [2.24, 2.45) is 0 Å². The first kappa shape index (κ1) is 14.3. The molecule has 0 saturated heterocycles. The standard InChI is InChI=1S/C18H13FN4O/c19-16-7-5-14(6-8-16)17-21-18(24-22-17)15-4-1-3-13(11-15)12-23-10-2-9-20-23/h1-11H,12H2. The van der Waals surface area contributed by atoms with Crippen LogP contribution >= 0.6 is 0 Å². The van der Waals surface area contributed by atoms with E-state index in [0.29, 0.717) is 23.8 Å². The minimum absolute atomic E-state index is 0.297. The predicted octanol–water partition coefficient (Wildman–Crippen LogP) is 3.79. The number of hydrogen-bond donors (Lipinski definition) is 0. The van der Waals surface area contributed by atoms with Gasteiger partial charge in [0.05, 0.1) is 6.54 Å². The lowest BCUT2D eigenvalue weighted by Gasteiger charge is -2.03. The molecule has 118 valence electrons. The molecule has 0 spiro atoms. The minimum Gasteiger partial charge on any atom is -0.334 e. The quantitative estimate of drug-likeness (QED) is 0.574. The molecule has 0 radical (unpaired) electrons. The molecule has 0 aliphatic carbocycles. The van der Waals surface area contributed by atoms with Crippen molar-refractivity contribution in [1.29, 1.82) is 0 Å². The van der Waals surface area contributed by atoms with Gasteiger partial charge in [0.1, 0.15) is 5.82 Å². The second-order valence-corrected chi connectivity index (χ2v) is 5.33. The number of rotatable bonds is 4. The Morgan fingerprint density at radius 1 is 1.00 bits per heavy atom. The van der Waals surface area contributed by atoms with Crippen LogP contribution in [0.5, 0.6) is 0 Å². The highest BCUT2D eigenvalue weighted by Gasteiger charge is 2.11. The molecule has 0 aliphatic rings. The van der Waals surface area contributed by atoms with Crippen molar-refractivity contribution in [2.45, 2.75) is 6.54 Å². The molecule has 4 rings (SSSR count). The average Bonchev–Trinajstić information content (AvgIpc) is 3.28. The molecule has 0 amide bonds. The van der Waals surface area contributed by atoms with E-state index in [-0.39, 0.29) is 5.82 Å². The third-order valence-corrected chi connectivity index (χ3v) is 3.61. The van der Waals surface area contributed by atoms with Crippen LogP contribution in [0.2, 0.25) is 0 Å². The highest BCUT2D eigenvalue weighted by molar-refractivity contribution is 5.60. The van der Waals surface area contributed by atoms with Gasteiger partial charge in [-0.1, -0.05) is 17.3 Å². The van der Waals surface area contributed by atoms with E-state index in [1.54, 1.807) is 18.3 Å². The van der Waals surface area contributed by atoms with Gasteiger partial charge in [-0.2, -0.15) is 10.1 Å². The fourth-order valence-corrected chi connectivity index (χ4v) is 2.44. The summed E-state index contributed by atoms with van der Waals surface area (Å²) in [7, 11) is 0. The summed E-state index contributed by atoms with van der Waals surface area (Å²) in [5.41, 5.74) is 2.62. The Morgan fingerprint density at radius 2 is 1.88 bits per heavy atom. The summed E-state index contributed by atoms with van der Waals surface area (Å²) in [5.74, 6) is 0.563. The lowest BCUT2D eigenvalue weighted by atomic mass is 10.1. The van der Waals surface area contributed by atoms with Crippen molar-refractivity contribution >= 4 is 0 Å². The van der Waals surface area contributed by atoms with Crippen LogP contribution < -0.4 is 0 Å². The smallest absolute Gasteiger partial charge is 0.258 e. The highest BCUT2D eigenvalue weighted by atomic mass is 19.1. The second kappa shape index (κ2) is 6.08. The van der Waals surface area contributed by atoms with E-state index in [2.05, 4.69) is 15.2 Å². The van der Waals surface area contributed by atoms with Gasteiger partial charge in [-0.25, -0.2) is 4.39 Å². The first-order valence-electron chi connectivity index (χ1n) is 7.44. The maximum absolute atomic E-state index is 13.0. The van der Waals surface area contributed by atoms with Gasteiger partial charge >= 0.3 is 0 Å². The summed E-state index contributed by atoms with van der Waals surface area (Å²) in [6.45, 7) is 0.666. The SMILES string of the molecule is Fc1ccc(-c2noc(-c3cccc(Cn4cccn4)c3)n2)cc1. The van der Waals surface area contributed by atoms with E-state index in [4.69, 9.17) is 4.52 Å². The summed E-state index contributed by atoms with van der Waals surface area (Å²) < 4.78 is 20.2. The van der Waals surface area contributed by atoms with E-state index < -0.39 is 0 Å². The highest BCUT2D eigenvalue weighted by Crippen LogP contribution is 2.23. The Morgan fingerprint density at radius 3 is 2.67 bits per heavy atom. The van der Waals surface area contributed by atoms with Gasteiger partial charge in [-0.15, -0.1) is 0 Å². The third kappa shape index (κ3) is 2.94. The molecular formula is C18H13FN4O. The van der Waals surface area contributed by atoms with E-state index in [0.717, 1.165) is 11.1 Å². The minimum atomic E-state index is -0.297. The summed E-state index contributed by atoms with van der Waals surface area (Å²) >= 11 is 0. The van der Waals surface area contributed by atoms with Crippen molar-refractivity contribution in [1.82, 2.24) is 19.9 Å². The van der Waals surface area contributed by atoms with Gasteiger partial charge in [0.25, 0.3) is 5.89 Å². The summed E-state index contributed by atoms with van der Waals surface area (Å²) in [6.07, 6.45) is 3.66. The molecule has 0 unspecified atom stereocenters. The van der Waals surface area contributed by atoms with Crippen molar-refractivity contribution in [3.05, 3.63) is 78.4 Å². The van der Waals surface area contributed by atoms with E-state index >= 15 is 0 Å². The number of halogens is 1. The lowest BCUT2D eigenvalue weighted by molar-refractivity contribution is 0.432. The number of nitrogens with zero attached hydrogens (tertiary/aromatic N) is 4. The third-order valence-electron chi connectivity index (χ3n) is 3.61. The Balaban J connectivity index is 1.61. The van der Waals surface area contributed by atoms with Crippen LogP contribution in [0.25, 0.3) is 22.8 Å². The first-order valence-corrected chi connectivity index (χ1v) is 7.44. The Kier molecular flexibility index (Phi) is 3.63. The number of benzene rings is 2. The second-order valence-electron chi connectivity index (χ2n) is 5.33. The molecule has 0 bridgehead atoms. The van der Waals surface area contributed by atoms with E-state index in [1.165, 1.54) is 12.1 Å². The fraction of sp³-hybridized carbons (Fsp3) is 0.0556. The average molecular weight is 320 g/mol. The van der Waals surface area contributed by atoms with Gasteiger partial charge in [-0.3, -0.25) is 4.68 Å². The maximum atomic E-state index is 13.0. The molecule has 0 aliphatic heterocycles. The normalized spacial score (nSPS) is 10.9. The van der Waals surface area contributed by atoms with Crippen molar-refractivity contribution in [3.63, 3.8) is 0 Å². The monoisotopic (exact) mass is 320 g/mol.